The molecule has 2 aromatic rings. The van der Waals surface area contributed by atoms with Gasteiger partial charge in [0, 0.05) is 13.1 Å². The van der Waals surface area contributed by atoms with Gasteiger partial charge in [0.1, 0.15) is 5.75 Å². The molecule has 0 atom stereocenters. The van der Waals surface area contributed by atoms with Crippen molar-refractivity contribution in [1.29, 1.82) is 0 Å². The second-order valence-electron chi connectivity index (χ2n) is 6.07. The number of nitrogens with zero attached hydrogens (tertiary/aromatic N) is 1. The minimum absolute atomic E-state index is 0.213. The predicted octanol–water partition coefficient (Wildman–Crippen LogP) is 4.25. The van der Waals surface area contributed by atoms with Crippen molar-refractivity contribution < 1.29 is 9.53 Å². The van der Waals surface area contributed by atoms with Gasteiger partial charge in [0.15, 0.2) is 0 Å². The Bertz CT molecular complexity index is 698. The molecule has 2 aromatic carbocycles. The summed E-state index contributed by atoms with van der Waals surface area (Å²) >= 11 is 0. The zero-order valence-corrected chi connectivity index (χ0v) is 14.1. The van der Waals surface area contributed by atoms with Crippen molar-refractivity contribution in [3.05, 3.63) is 65.7 Å². The molecule has 0 radical (unpaired) electrons. The maximum atomic E-state index is 12.6. The van der Waals surface area contributed by atoms with Gasteiger partial charge in [0.05, 0.1) is 13.5 Å². The maximum absolute atomic E-state index is 12.6. The molecular weight excluding hydrogens is 298 g/mol. The molecule has 1 aliphatic rings. The number of likely N-dealkylation sites (tertiary alicyclic amines) is 1. The first-order valence-electron chi connectivity index (χ1n) is 8.44. The Balaban J connectivity index is 1.87. The maximum Gasteiger partial charge on any atom is 0.227 e. The molecule has 1 heterocycles. The van der Waals surface area contributed by atoms with Crippen LogP contribution in [0.4, 0.5) is 0 Å². The highest BCUT2D eigenvalue weighted by Crippen LogP contribution is 2.25. The first kappa shape index (κ1) is 16.3. The molecule has 0 spiro atoms. The molecule has 3 rings (SSSR count). The Hall–Kier alpha value is -2.55. The lowest BCUT2D eigenvalue weighted by atomic mass is 9.99. The highest BCUT2D eigenvalue weighted by Gasteiger charge is 2.19. The van der Waals surface area contributed by atoms with E-state index in [1.54, 1.807) is 7.11 Å². The van der Waals surface area contributed by atoms with Crippen molar-refractivity contribution in [3.8, 4) is 5.75 Å². The third-order valence-corrected chi connectivity index (χ3v) is 4.40. The molecule has 0 saturated carbocycles. The van der Waals surface area contributed by atoms with E-state index in [0.717, 1.165) is 48.4 Å². The van der Waals surface area contributed by atoms with Crippen molar-refractivity contribution in [2.24, 2.45) is 0 Å². The smallest absolute Gasteiger partial charge is 0.227 e. The van der Waals surface area contributed by atoms with Crippen LogP contribution in [0.1, 0.15) is 30.4 Å². The minimum atomic E-state index is 0.213. The molecule has 1 aliphatic heterocycles. The quantitative estimate of drug-likeness (QED) is 0.771. The average molecular weight is 321 g/mol. The predicted molar refractivity (Wildman–Crippen MR) is 97.7 cm³/mol. The van der Waals surface area contributed by atoms with Gasteiger partial charge >= 0.3 is 0 Å². The van der Waals surface area contributed by atoms with Crippen LogP contribution in [0.15, 0.2) is 54.6 Å². The van der Waals surface area contributed by atoms with Crippen LogP contribution in [0, 0.1) is 0 Å². The fourth-order valence-electron chi connectivity index (χ4n) is 3.03. The zero-order chi connectivity index (χ0) is 16.8. The van der Waals surface area contributed by atoms with Crippen molar-refractivity contribution >= 4 is 17.6 Å². The molecule has 1 saturated heterocycles. The summed E-state index contributed by atoms with van der Waals surface area (Å²) < 4.78 is 5.23. The monoisotopic (exact) mass is 321 g/mol. The molecule has 1 amide bonds. The van der Waals surface area contributed by atoms with E-state index in [1.165, 1.54) is 0 Å². The first-order chi connectivity index (χ1) is 11.8. The number of rotatable bonds is 5. The van der Waals surface area contributed by atoms with Crippen LogP contribution in [0.5, 0.6) is 5.75 Å². The van der Waals surface area contributed by atoms with E-state index in [-0.39, 0.29) is 5.91 Å². The van der Waals surface area contributed by atoms with Gasteiger partial charge < -0.3 is 9.64 Å². The van der Waals surface area contributed by atoms with Gasteiger partial charge in [-0.2, -0.15) is 0 Å². The number of carbonyl (C=O) groups is 1. The molecule has 0 aromatic heterocycles. The molecule has 0 N–H and O–H groups in total. The number of ether oxygens (including phenoxy) is 1. The molecule has 3 heteroatoms. The van der Waals surface area contributed by atoms with Crippen LogP contribution in [-0.2, 0) is 4.79 Å². The van der Waals surface area contributed by atoms with E-state index in [2.05, 4.69) is 18.2 Å². The zero-order valence-electron chi connectivity index (χ0n) is 14.1. The Labute approximate surface area is 143 Å². The topological polar surface area (TPSA) is 29.5 Å². The van der Waals surface area contributed by atoms with Crippen molar-refractivity contribution in [1.82, 2.24) is 4.90 Å². The summed E-state index contributed by atoms with van der Waals surface area (Å²) in [5, 5.41) is 0. The van der Waals surface area contributed by atoms with Gasteiger partial charge in [-0.3, -0.25) is 4.79 Å². The lowest BCUT2D eigenvalue weighted by molar-refractivity contribution is -0.128. The molecule has 0 bridgehead atoms. The summed E-state index contributed by atoms with van der Waals surface area (Å²) in [5.41, 5.74) is 3.21. The SMILES string of the molecule is COc1ccc(/C(=C/c2ccccc2)CC(=O)N2CCCC2)cc1. The van der Waals surface area contributed by atoms with Crippen LogP contribution in [0.25, 0.3) is 11.6 Å². The Morgan fingerprint density at radius 2 is 1.71 bits per heavy atom. The van der Waals surface area contributed by atoms with E-state index < -0.39 is 0 Å². The highest BCUT2D eigenvalue weighted by atomic mass is 16.5. The Morgan fingerprint density at radius 1 is 1.04 bits per heavy atom. The van der Waals surface area contributed by atoms with Gasteiger partial charge in [-0.05, 0) is 41.7 Å². The Morgan fingerprint density at radius 3 is 2.33 bits per heavy atom. The normalized spacial score (nSPS) is 14.7. The van der Waals surface area contributed by atoms with Crippen LogP contribution < -0.4 is 4.74 Å². The number of benzene rings is 2. The van der Waals surface area contributed by atoms with Crippen LogP contribution in [0.2, 0.25) is 0 Å². The van der Waals surface area contributed by atoms with Gasteiger partial charge in [-0.25, -0.2) is 0 Å². The average Bonchev–Trinajstić information content (AvgIpc) is 3.17. The largest absolute Gasteiger partial charge is 0.497 e. The third kappa shape index (κ3) is 4.05. The van der Waals surface area contributed by atoms with Crippen molar-refractivity contribution in [3.63, 3.8) is 0 Å². The number of hydrogen-bond acceptors (Lipinski definition) is 2. The summed E-state index contributed by atoms with van der Waals surface area (Å²) in [6.07, 6.45) is 4.77. The summed E-state index contributed by atoms with van der Waals surface area (Å²) in [5.74, 6) is 1.04. The van der Waals surface area contributed by atoms with Crippen LogP contribution in [-0.4, -0.2) is 31.0 Å². The number of methoxy groups -OCH3 is 1. The van der Waals surface area contributed by atoms with E-state index in [1.807, 2.05) is 47.4 Å². The van der Waals surface area contributed by atoms with Gasteiger partial charge in [0.2, 0.25) is 5.91 Å². The summed E-state index contributed by atoms with van der Waals surface area (Å²) in [7, 11) is 1.66. The molecule has 1 fully saturated rings. The molecule has 124 valence electrons. The molecule has 3 nitrogen and oxygen atoms in total. The highest BCUT2D eigenvalue weighted by molar-refractivity contribution is 5.94. The third-order valence-electron chi connectivity index (χ3n) is 4.40. The van der Waals surface area contributed by atoms with Crippen LogP contribution >= 0.6 is 0 Å². The number of carbonyl (C=O) groups excluding carboxylic acids is 1. The second kappa shape index (κ2) is 7.82. The Kier molecular flexibility index (Phi) is 5.32. The lowest BCUT2D eigenvalue weighted by Gasteiger charge is -2.17. The molecule has 0 aliphatic carbocycles. The summed E-state index contributed by atoms with van der Waals surface area (Å²) in [4.78, 5) is 14.6. The second-order valence-corrected chi connectivity index (χ2v) is 6.07. The lowest BCUT2D eigenvalue weighted by Crippen LogP contribution is -2.27. The first-order valence-corrected chi connectivity index (χ1v) is 8.44. The number of hydrogen-bond donors (Lipinski definition) is 0. The van der Waals surface area contributed by atoms with E-state index >= 15 is 0 Å². The van der Waals surface area contributed by atoms with Crippen molar-refractivity contribution in [2.45, 2.75) is 19.3 Å². The summed E-state index contributed by atoms with van der Waals surface area (Å²) in [6.45, 7) is 1.78. The molecule has 24 heavy (non-hydrogen) atoms. The van der Waals surface area contributed by atoms with E-state index in [9.17, 15) is 4.79 Å². The van der Waals surface area contributed by atoms with Crippen LogP contribution in [0.3, 0.4) is 0 Å². The standard InChI is InChI=1S/C21H23NO2/c1-24-20-11-9-18(10-12-20)19(15-17-7-3-2-4-8-17)16-21(23)22-13-5-6-14-22/h2-4,7-12,15H,5-6,13-14,16H2,1H3/b19-15+. The van der Waals surface area contributed by atoms with Gasteiger partial charge in [-0.1, -0.05) is 48.5 Å². The number of amides is 1. The minimum Gasteiger partial charge on any atom is -0.497 e. The van der Waals surface area contributed by atoms with E-state index in [4.69, 9.17) is 4.74 Å². The van der Waals surface area contributed by atoms with Gasteiger partial charge in [-0.15, -0.1) is 0 Å². The van der Waals surface area contributed by atoms with Crippen molar-refractivity contribution in [2.75, 3.05) is 20.2 Å². The fourth-order valence-corrected chi connectivity index (χ4v) is 3.03. The summed E-state index contributed by atoms with van der Waals surface area (Å²) in [6, 6.07) is 18.1. The van der Waals surface area contributed by atoms with E-state index in [0.29, 0.717) is 6.42 Å². The molecular formula is C21H23NO2. The fraction of sp³-hybridized carbons (Fsp3) is 0.286. The molecule has 0 unspecified atom stereocenters. The van der Waals surface area contributed by atoms with Gasteiger partial charge in [0.25, 0.3) is 0 Å².